The average Bonchev–Trinajstić information content (AvgIpc) is 2.85. The molecule has 1 heterocycles. The van der Waals surface area contributed by atoms with Crippen molar-refractivity contribution in [3.8, 4) is 6.01 Å². The molecular formula is C24H36N4O6. The van der Waals surface area contributed by atoms with Crippen molar-refractivity contribution in [2.45, 2.75) is 32.9 Å². The van der Waals surface area contributed by atoms with Crippen LogP contribution in [0.15, 0.2) is 36.5 Å². The van der Waals surface area contributed by atoms with Crippen LogP contribution in [0.5, 0.6) is 6.01 Å². The zero-order chi connectivity index (χ0) is 24.3. The Labute approximate surface area is 201 Å². The van der Waals surface area contributed by atoms with E-state index in [-0.39, 0.29) is 11.9 Å². The summed E-state index contributed by atoms with van der Waals surface area (Å²) in [7, 11) is 0. The summed E-state index contributed by atoms with van der Waals surface area (Å²) in [6, 6.07) is 9.58. The highest BCUT2D eigenvalue weighted by Crippen LogP contribution is 2.09. The van der Waals surface area contributed by atoms with Gasteiger partial charge < -0.3 is 34.7 Å². The van der Waals surface area contributed by atoms with Crippen molar-refractivity contribution in [1.29, 1.82) is 0 Å². The topological polar surface area (TPSA) is 127 Å². The first-order chi connectivity index (χ1) is 16.7. The first-order valence-corrected chi connectivity index (χ1v) is 11.5. The highest BCUT2D eigenvalue weighted by molar-refractivity contribution is 5.75. The molecule has 2 rings (SSSR count). The van der Waals surface area contributed by atoms with E-state index in [1.807, 2.05) is 24.3 Å². The van der Waals surface area contributed by atoms with E-state index in [2.05, 4.69) is 22.2 Å². The van der Waals surface area contributed by atoms with Crippen LogP contribution in [-0.2, 0) is 36.9 Å². The number of nitrogen functional groups attached to an aromatic ring is 1. The second-order valence-electron chi connectivity index (χ2n) is 7.35. The van der Waals surface area contributed by atoms with E-state index in [0.717, 1.165) is 24.2 Å². The van der Waals surface area contributed by atoms with Crippen molar-refractivity contribution in [1.82, 2.24) is 15.3 Å². The molecule has 2 aromatic rings. The number of nitrogens with zero attached hydrogens (tertiary/aromatic N) is 2. The van der Waals surface area contributed by atoms with Crippen molar-refractivity contribution < 1.29 is 28.5 Å². The Morgan fingerprint density at radius 3 is 2.06 bits per heavy atom. The molecule has 0 spiro atoms. The normalized spacial score (nSPS) is 10.9. The molecule has 0 aliphatic rings. The largest absolute Gasteiger partial charge is 0.459 e. The van der Waals surface area contributed by atoms with Crippen molar-refractivity contribution in [2.24, 2.45) is 0 Å². The van der Waals surface area contributed by atoms with Gasteiger partial charge in [0, 0.05) is 25.8 Å². The van der Waals surface area contributed by atoms with Gasteiger partial charge in [0.1, 0.15) is 12.4 Å². The van der Waals surface area contributed by atoms with Crippen LogP contribution in [0, 0.1) is 0 Å². The Morgan fingerprint density at radius 1 is 0.853 bits per heavy atom. The fraction of sp³-hybridized carbons (Fsp3) is 0.542. The summed E-state index contributed by atoms with van der Waals surface area (Å²) in [4.78, 5) is 20.0. The van der Waals surface area contributed by atoms with Gasteiger partial charge in [0.05, 0.1) is 46.2 Å². The Bertz CT molecular complexity index is 806. The molecule has 188 valence electrons. The van der Waals surface area contributed by atoms with Crippen molar-refractivity contribution in [3.05, 3.63) is 47.7 Å². The second kappa shape index (κ2) is 17.7. The van der Waals surface area contributed by atoms with Crippen molar-refractivity contribution in [3.63, 3.8) is 0 Å². The lowest BCUT2D eigenvalue weighted by Gasteiger charge is -2.09. The third-order valence-corrected chi connectivity index (χ3v) is 4.47. The summed E-state index contributed by atoms with van der Waals surface area (Å²) in [5, 5.41) is 2.88. The number of carbonyl (C=O) groups is 1. The van der Waals surface area contributed by atoms with Crippen LogP contribution in [0.4, 0.5) is 5.82 Å². The molecule has 34 heavy (non-hydrogen) atoms. The summed E-state index contributed by atoms with van der Waals surface area (Å²) in [5.41, 5.74) is 7.56. The van der Waals surface area contributed by atoms with E-state index in [1.165, 1.54) is 0 Å². The zero-order valence-electron chi connectivity index (χ0n) is 19.9. The van der Waals surface area contributed by atoms with Gasteiger partial charge in [-0.2, -0.15) is 4.98 Å². The maximum atomic E-state index is 12.0. The van der Waals surface area contributed by atoms with Gasteiger partial charge >= 0.3 is 6.01 Å². The summed E-state index contributed by atoms with van der Waals surface area (Å²) in [5.74, 6) is 0.297. The third-order valence-electron chi connectivity index (χ3n) is 4.47. The minimum atomic E-state index is -0.0640. The maximum absolute atomic E-state index is 12.0. The molecule has 0 saturated carbocycles. The number of amides is 1. The van der Waals surface area contributed by atoms with E-state index >= 15 is 0 Å². The van der Waals surface area contributed by atoms with Gasteiger partial charge in [0.15, 0.2) is 0 Å². The minimum Gasteiger partial charge on any atom is -0.459 e. The Morgan fingerprint density at radius 2 is 1.44 bits per heavy atom. The predicted octanol–water partition coefficient (Wildman–Crippen LogP) is 2.12. The first kappa shape index (κ1) is 27.5. The highest BCUT2D eigenvalue weighted by atomic mass is 16.6. The van der Waals surface area contributed by atoms with Crippen LogP contribution in [0.2, 0.25) is 0 Å². The lowest BCUT2D eigenvalue weighted by molar-refractivity contribution is -0.122. The summed E-state index contributed by atoms with van der Waals surface area (Å²) < 4.78 is 27.1. The van der Waals surface area contributed by atoms with Gasteiger partial charge in [0.25, 0.3) is 0 Å². The Kier molecular flexibility index (Phi) is 14.3. The summed E-state index contributed by atoms with van der Waals surface area (Å²) >= 11 is 0. The fourth-order valence-corrected chi connectivity index (χ4v) is 2.68. The van der Waals surface area contributed by atoms with Gasteiger partial charge in [-0.1, -0.05) is 31.2 Å². The lowest BCUT2D eigenvalue weighted by atomic mass is 10.1. The number of carbonyl (C=O) groups excluding carboxylic acids is 1. The van der Waals surface area contributed by atoms with E-state index < -0.39 is 0 Å². The van der Waals surface area contributed by atoms with Crippen LogP contribution in [0.25, 0.3) is 0 Å². The Hall–Kier alpha value is -2.79. The third kappa shape index (κ3) is 13.0. The van der Waals surface area contributed by atoms with Gasteiger partial charge in [-0.15, -0.1) is 0 Å². The number of hydrogen-bond donors (Lipinski definition) is 2. The Balaban J connectivity index is 1.44. The number of hydrogen-bond acceptors (Lipinski definition) is 9. The number of anilines is 1. The number of nitrogens with two attached hydrogens (primary N) is 1. The molecule has 0 radical (unpaired) electrons. The SMILES string of the molecule is CCCOCCOCCOCCOCCC(=O)NCc1ccc(COc2nccc(N)n2)cc1. The standard InChI is InChI=1S/C24H36N4O6/c1-2-10-30-12-14-32-16-17-33-15-13-31-11-8-23(29)27-18-20-3-5-21(6-4-20)19-34-24-26-9-7-22(25)28-24/h3-7,9H,2,8,10-19H2,1H3,(H,27,29)(H2,25,26,28). The predicted molar refractivity (Wildman–Crippen MR) is 127 cm³/mol. The number of aromatic nitrogens is 2. The molecule has 1 aromatic carbocycles. The van der Waals surface area contributed by atoms with Crippen LogP contribution >= 0.6 is 0 Å². The van der Waals surface area contributed by atoms with Crippen LogP contribution in [-0.4, -0.2) is 68.7 Å². The van der Waals surface area contributed by atoms with E-state index in [9.17, 15) is 4.79 Å². The molecule has 3 N–H and O–H groups in total. The average molecular weight is 477 g/mol. The smallest absolute Gasteiger partial charge is 0.318 e. The fourth-order valence-electron chi connectivity index (χ4n) is 2.68. The number of rotatable bonds is 19. The van der Waals surface area contributed by atoms with Crippen molar-refractivity contribution >= 4 is 11.7 Å². The number of benzene rings is 1. The maximum Gasteiger partial charge on any atom is 0.318 e. The molecule has 0 unspecified atom stereocenters. The van der Waals surface area contributed by atoms with Crippen LogP contribution < -0.4 is 15.8 Å². The van der Waals surface area contributed by atoms with E-state index in [0.29, 0.717) is 71.6 Å². The molecule has 0 atom stereocenters. The molecular weight excluding hydrogens is 440 g/mol. The molecule has 1 amide bonds. The molecule has 0 fully saturated rings. The minimum absolute atomic E-state index is 0.0640. The molecule has 1 aromatic heterocycles. The van der Waals surface area contributed by atoms with E-state index in [4.69, 9.17) is 29.4 Å². The molecule has 0 bridgehead atoms. The van der Waals surface area contributed by atoms with E-state index in [1.54, 1.807) is 12.3 Å². The highest BCUT2D eigenvalue weighted by Gasteiger charge is 2.03. The molecule has 10 heteroatoms. The van der Waals surface area contributed by atoms with Gasteiger partial charge in [0.2, 0.25) is 5.91 Å². The summed E-state index contributed by atoms with van der Waals surface area (Å²) in [6.45, 7) is 7.11. The van der Waals surface area contributed by atoms with Crippen molar-refractivity contribution in [2.75, 3.05) is 58.6 Å². The number of ether oxygens (including phenoxy) is 5. The lowest BCUT2D eigenvalue weighted by Crippen LogP contribution is -2.24. The second-order valence-corrected chi connectivity index (χ2v) is 7.35. The van der Waals surface area contributed by atoms with Crippen LogP contribution in [0.3, 0.4) is 0 Å². The number of nitrogens with one attached hydrogen (secondary N) is 1. The molecule has 0 aliphatic carbocycles. The summed E-state index contributed by atoms with van der Waals surface area (Å²) in [6.07, 6.45) is 2.86. The van der Waals surface area contributed by atoms with Gasteiger partial charge in [-0.3, -0.25) is 4.79 Å². The van der Waals surface area contributed by atoms with Crippen LogP contribution in [0.1, 0.15) is 30.9 Å². The quantitative estimate of drug-likeness (QED) is 0.293. The molecule has 0 saturated heterocycles. The first-order valence-electron chi connectivity index (χ1n) is 11.5. The van der Waals surface area contributed by atoms with Gasteiger partial charge in [-0.05, 0) is 23.6 Å². The zero-order valence-corrected chi connectivity index (χ0v) is 19.9. The van der Waals surface area contributed by atoms with Gasteiger partial charge in [-0.25, -0.2) is 4.98 Å². The molecule has 0 aliphatic heterocycles. The molecule has 10 nitrogen and oxygen atoms in total. The monoisotopic (exact) mass is 476 g/mol.